The minimum Gasteiger partial charge on any atom is -0.372 e. The number of urea groups is 1. The lowest BCUT2D eigenvalue weighted by atomic mass is 9.98. The molecule has 0 bridgehead atoms. The summed E-state index contributed by atoms with van der Waals surface area (Å²) in [6, 6.07) is 7.61. The molecule has 2 heterocycles. The Morgan fingerprint density at radius 1 is 1.04 bits per heavy atom. The number of nitrogens with one attached hydrogen (secondary N) is 2. The van der Waals surface area contributed by atoms with Crippen molar-refractivity contribution in [2.75, 3.05) is 29.9 Å². The van der Waals surface area contributed by atoms with Crippen molar-refractivity contribution in [3.8, 4) is 0 Å². The van der Waals surface area contributed by atoms with Gasteiger partial charge in [-0.2, -0.15) is 0 Å². The molecule has 0 radical (unpaired) electrons. The molecule has 3 fully saturated rings. The Balaban J connectivity index is 1.23. The number of rotatable bonds is 6. The van der Waals surface area contributed by atoms with Crippen LogP contribution in [-0.2, 0) is 9.59 Å². The zero-order chi connectivity index (χ0) is 19.6. The normalized spacial score (nSPS) is 20.9. The predicted molar refractivity (Wildman–Crippen MR) is 107 cm³/mol. The van der Waals surface area contributed by atoms with E-state index < -0.39 is 5.54 Å². The zero-order valence-electron chi connectivity index (χ0n) is 16.2. The number of carbonyl (C=O) groups excluding carboxylic acids is 3. The first kappa shape index (κ1) is 18.8. The number of hydrogen-bond donors (Lipinski definition) is 2. The molecule has 2 saturated heterocycles. The van der Waals surface area contributed by atoms with Gasteiger partial charge in [0.2, 0.25) is 5.91 Å². The van der Waals surface area contributed by atoms with Crippen LogP contribution < -0.4 is 15.5 Å². The van der Waals surface area contributed by atoms with Crippen LogP contribution in [0.2, 0.25) is 0 Å². The molecule has 1 spiro atoms. The molecule has 2 N–H and O–H groups in total. The minimum atomic E-state index is -0.670. The van der Waals surface area contributed by atoms with Gasteiger partial charge in [-0.3, -0.25) is 14.5 Å². The molecular weight excluding hydrogens is 356 g/mol. The summed E-state index contributed by atoms with van der Waals surface area (Å²) >= 11 is 0. The molecule has 0 unspecified atom stereocenters. The number of hydrogen-bond acceptors (Lipinski definition) is 4. The van der Waals surface area contributed by atoms with Crippen LogP contribution in [0.1, 0.15) is 51.4 Å². The Bertz CT molecular complexity index is 749. The van der Waals surface area contributed by atoms with Crippen molar-refractivity contribution < 1.29 is 14.4 Å². The average molecular weight is 384 g/mol. The van der Waals surface area contributed by atoms with Gasteiger partial charge in [-0.1, -0.05) is 12.8 Å². The third kappa shape index (κ3) is 3.70. The summed E-state index contributed by atoms with van der Waals surface area (Å²) in [6.07, 6.45) is 6.60. The van der Waals surface area contributed by atoms with Gasteiger partial charge in [0, 0.05) is 37.4 Å². The first-order valence-corrected chi connectivity index (χ1v) is 10.4. The molecule has 1 aliphatic carbocycles. The summed E-state index contributed by atoms with van der Waals surface area (Å²) in [5.74, 6) is -0.218. The molecule has 1 aromatic rings. The van der Waals surface area contributed by atoms with Crippen molar-refractivity contribution in [1.82, 2.24) is 10.2 Å². The van der Waals surface area contributed by atoms with E-state index in [9.17, 15) is 14.4 Å². The average Bonchev–Trinajstić information content (AvgIpc) is 3.41. The topological polar surface area (TPSA) is 81.8 Å². The van der Waals surface area contributed by atoms with Gasteiger partial charge in [-0.15, -0.1) is 0 Å². The summed E-state index contributed by atoms with van der Waals surface area (Å²) in [5.41, 5.74) is 1.29. The van der Waals surface area contributed by atoms with E-state index in [1.54, 1.807) is 0 Å². The van der Waals surface area contributed by atoms with E-state index in [0.717, 1.165) is 44.5 Å². The highest BCUT2D eigenvalue weighted by Gasteiger charge is 2.51. The first-order chi connectivity index (χ1) is 13.6. The van der Waals surface area contributed by atoms with E-state index in [4.69, 9.17) is 0 Å². The third-order valence-corrected chi connectivity index (χ3v) is 6.11. The van der Waals surface area contributed by atoms with Gasteiger partial charge in [0.25, 0.3) is 5.91 Å². The molecule has 1 saturated carbocycles. The van der Waals surface area contributed by atoms with E-state index in [1.807, 2.05) is 24.3 Å². The number of imide groups is 1. The maximum Gasteiger partial charge on any atom is 0.325 e. The molecule has 3 aliphatic rings. The quantitative estimate of drug-likeness (QED) is 0.739. The third-order valence-electron chi connectivity index (χ3n) is 6.11. The number of anilines is 2. The summed E-state index contributed by atoms with van der Waals surface area (Å²) in [4.78, 5) is 40.6. The SMILES string of the molecule is O=C(CCCN1C(=O)NC2(CCCC2)C1=O)Nc1ccc(N2CCCC2)cc1. The second-order valence-corrected chi connectivity index (χ2v) is 8.07. The molecule has 150 valence electrons. The molecule has 28 heavy (non-hydrogen) atoms. The van der Waals surface area contributed by atoms with Crippen molar-refractivity contribution >= 4 is 29.2 Å². The van der Waals surface area contributed by atoms with Gasteiger partial charge in [-0.05, 0) is 56.4 Å². The largest absolute Gasteiger partial charge is 0.372 e. The maximum absolute atomic E-state index is 12.6. The van der Waals surface area contributed by atoms with Crippen LogP contribution in [0, 0.1) is 0 Å². The van der Waals surface area contributed by atoms with Gasteiger partial charge in [0.15, 0.2) is 0 Å². The van der Waals surface area contributed by atoms with Crippen LogP contribution in [-0.4, -0.2) is 47.9 Å². The monoisotopic (exact) mass is 384 g/mol. The lowest BCUT2D eigenvalue weighted by Gasteiger charge is -2.20. The van der Waals surface area contributed by atoms with E-state index in [0.29, 0.717) is 6.42 Å². The van der Waals surface area contributed by atoms with Crippen LogP contribution in [0.5, 0.6) is 0 Å². The molecule has 4 amide bonds. The van der Waals surface area contributed by atoms with E-state index >= 15 is 0 Å². The number of nitrogens with zero attached hydrogens (tertiary/aromatic N) is 2. The Labute approximate surface area is 165 Å². The number of benzene rings is 1. The fourth-order valence-corrected chi connectivity index (χ4v) is 4.55. The Kier molecular flexibility index (Phi) is 5.24. The zero-order valence-corrected chi connectivity index (χ0v) is 16.2. The fourth-order valence-electron chi connectivity index (χ4n) is 4.55. The van der Waals surface area contributed by atoms with Gasteiger partial charge in [0.1, 0.15) is 5.54 Å². The summed E-state index contributed by atoms with van der Waals surface area (Å²) in [6.45, 7) is 2.47. The molecule has 1 aromatic carbocycles. The molecule has 0 aromatic heterocycles. The highest BCUT2D eigenvalue weighted by Crippen LogP contribution is 2.35. The summed E-state index contributed by atoms with van der Waals surface area (Å²) in [5, 5.41) is 5.76. The Morgan fingerprint density at radius 2 is 1.71 bits per heavy atom. The Morgan fingerprint density at radius 3 is 2.39 bits per heavy atom. The lowest BCUT2D eigenvalue weighted by Crippen LogP contribution is -2.44. The van der Waals surface area contributed by atoms with Crippen LogP contribution in [0.4, 0.5) is 16.2 Å². The second-order valence-electron chi connectivity index (χ2n) is 8.07. The van der Waals surface area contributed by atoms with E-state index in [-0.39, 0.29) is 30.8 Å². The minimum absolute atomic E-state index is 0.100. The smallest absolute Gasteiger partial charge is 0.325 e. The second kappa shape index (κ2) is 7.81. The van der Waals surface area contributed by atoms with E-state index in [2.05, 4.69) is 15.5 Å². The highest BCUT2D eigenvalue weighted by atomic mass is 16.2. The van der Waals surface area contributed by atoms with Gasteiger partial charge in [-0.25, -0.2) is 4.79 Å². The molecule has 7 nitrogen and oxygen atoms in total. The van der Waals surface area contributed by atoms with Gasteiger partial charge >= 0.3 is 6.03 Å². The van der Waals surface area contributed by atoms with Crippen molar-refractivity contribution in [2.24, 2.45) is 0 Å². The van der Waals surface area contributed by atoms with Crippen molar-refractivity contribution in [1.29, 1.82) is 0 Å². The number of carbonyl (C=O) groups is 3. The lowest BCUT2D eigenvalue weighted by molar-refractivity contribution is -0.131. The number of amides is 4. The highest BCUT2D eigenvalue weighted by molar-refractivity contribution is 6.07. The molecule has 2 aliphatic heterocycles. The van der Waals surface area contributed by atoms with Crippen LogP contribution in [0.25, 0.3) is 0 Å². The van der Waals surface area contributed by atoms with Crippen LogP contribution in [0.15, 0.2) is 24.3 Å². The molecule has 4 rings (SSSR count). The Hall–Kier alpha value is -2.57. The van der Waals surface area contributed by atoms with E-state index in [1.165, 1.54) is 23.4 Å². The van der Waals surface area contributed by atoms with Crippen molar-refractivity contribution in [3.63, 3.8) is 0 Å². The van der Waals surface area contributed by atoms with Crippen LogP contribution in [0.3, 0.4) is 0 Å². The summed E-state index contributed by atoms with van der Waals surface area (Å²) < 4.78 is 0. The van der Waals surface area contributed by atoms with Crippen molar-refractivity contribution in [2.45, 2.75) is 56.9 Å². The van der Waals surface area contributed by atoms with Gasteiger partial charge < -0.3 is 15.5 Å². The standard InChI is InChI=1S/C21H28N4O3/c26-18(22-16-7-9-17(10-8-16)24-13-3-4-14-24)6-5-15-25-19(27)21(23-20(25)28)11-1-2-12-21/h7-10H,1-6,11-15H2,(H,22,26)(H,23,28). The molecule has 7 heteroatoms. The molecular formula is C21H28N4O3. The molecule has 0 atom stereocenters. The fraction of sp³-hybridized carbons (Fsp3) is 0.571. The van der Waals surface area contributed by atoms with Crippen molar-refractivity contribution in [3.05, 3.63) is 24.3 Å². The van der Waals surface area contributed by atoms with Gasteiger partial charge in [0.05, 0.1) is 0 Å². The predicted octanol–water partition coefficient (Wildman–Crippen LogP) is 2.87. The van der Waals surface area contributed by atoms with Crippen LogP contribution >= 0.6 is 0 Å². The first-order valence-electron chi connectivity index (χ1n) is 10.4. The maximum atomic E-state index is 12.6. The summed E-state index contributed by atoms with van der Waals surface area (Å²) in [7, 11) is 0.